The molecule has 4 heteroatoms. The van der Waals surface area contributed by atoms with E-state index in [1.165, 1.54) is 0 Å². The SMILES string of the molecule is COc1ccc(C)cc1N1C(=O)CC(N)C1C. The highest BCUT2D eigenvalue weighted by molar-refractivity contribution is 5.98. The summed E-state index contributed by atoms with van der Waals surface area (Å²) >= 11 is 0. The molecule has 4 nitrogen and oxygen atoms in total. The third-order valence-corrected chi connectivity index (χ3v) is 3.30. The number of nitrogens with two attached hydrogens (primary N) is 1. The summed E-state index contributed by atoms with van der Waals surface area (Å²) in [6.07, 6.45) is 0.401. The fourth-order valence-electron chi connectivity index (χ4n) is 2.23. The molecular weight excluding hydrogens is 216 g/mol. The molecule has 1 aromatic carbocycles. The van der Waals surface area contributed by atoms with Crippen molar-refractivity contribution in [1.29, 1.82) is 0 Å². The molecule has 2 N–H and O–H groups in total. The van der Waals surface area contributed by atoms with E-state index in [2.05, 4.69) is 0 Å². The maximum Gasteiger partial charge on any atom is 0.229 e. The molecule has 0 saturated carbocycles. The highest BCUT2D eigenvalue weighted by Gasteiger charge is 2.36. The molecule has 1 aromatic rings. The first-order chi connectivity index (χ1) is 8.04. The first-order valence-corrected chi connectivity index (χ1v) is 5.77. The Balaban J connectivity index is 2.45. The summed E-state index contributed by atoms with van der Waals surface area (Å²) in [6.45, 7) is 3.96. The van der Waals surface area contributed by atoms with Crippen LogP contribution in [-0.2, 0) is 4.79 Å². The number of methoxy groups -OCH3 is 1. The summed E-state index contributed by atoms with van der Waals surface area (Å²) in [4.78, 5) is 13.7. The molecule has 92 valence electrons. The van der Waals surface area contributed by atoms with Gasteiger partial charge in [-0.2, -0.15) is 0 Å². The van der Waals surface area contributed by atoms with Gasteiger partial charge in [-0.15, -0.1) is 0 Å². The number of nitrogens with zero attached hydrogens (tertiary/aromatic N) is 1. The van der Waals surface area contributed by atoms with Gasteiger partial charge in [0.15, 0.2) is 0 Å². The van der Waals surface area contributed by atoms with Crippen molar-refractivity contribution in [3.05, 3.63) is 23.8 Å². The third kappa shape index (κ3) is 2.00. The van der Waals surface area contributed by atoms with Crippen LogP contribution in [0, 0.1) is 6.92 Å². The number of amides is 1. The van der Waals surface area contributed by atoms with Gasteiger partial charge in [0.25, 0.3) is 0 Å². The number of carbonyl (C=O) groups is 1. The molecule has 1 aliphatic heterocycles. The number of benzene rings is 1. The van der Waals surface area contributed by atoms with Gasteiger partial charge in [-0.1, -0.05) is 6.07 Å². The van der Waals surface area contributed by atoms with Crippen molar-refractivity contribution in [2.75, 3.05) is 12.0 Å². The Hall–Kier alpha value is -1.55. The molecule has 1 saturated heterocycles. The number of hydrogen-bond acceptors (Lipinski definition) is 3. The van der Waals surface area contributed by atoms with Crippen molar-refractivity contribution >= 4 is 11.6 Å². The average Bonchev–Trinajstić information content (AvgIpc) is 2.53. The van der Waals surface area contributed by atoms with E-state index >= 15 is 0 Å². The number of carbonyl (C=O) groups excluding carboxylic acids is 1. The lowest BCUT2D eigenvalue weighted by atomic mass is 10.1. The van der Waals surface area contributed by atoms with Gasteiger partial charge in [-0.3, -0.25) is 4.79 Å². The maximum atomic E-state index is 12.0. The van der Waals surface area contributed by atoms with E-state index in [9.17, 15) is 4.79 Å². The van der Waals surface area contributed by atoms with Gasteiger partial charge < -0.3 is 15.4 Å². The maximum absolute atomic E-state index is 12.0. The van der Waals surface area contributed by atoms with Crippen LogP contribution in [0.1, 0.15) is 18.9 Å². The van der Waals surface area contributed by atoms with Crippen LogP contribution < -0.4 is 15.4 Å². The molecular formula is C13H18N2O2. The van der Waals surface area contributed by atoms with Crippen LogP contribution in [0.15, 0.2) is 18.2 Å². The second-order valence-electron chi connectivity index (χ2n) is 4.55. The lowest BCUT2D eigenvalue weighted by Gasteiger charge is -2.25. The van der Waals surface area contributed by atoms with Gasteiger partial charge in [0, 0.05) is 18.5 Å². The molecule has 0 radical (unpaired) electrons. The molecule has 2 rings (SSSR count). The summed E-state index contributed by atoms with van der Waals surface area (Å²) in [5.41, 5.74) is 7.84. The van der Waals surface area contributed by atoms with Crippen LogP contribution in [0.4, 0.5) is 5.69 Å². The number of aryl methyl sites for hydroxylation is 1. The minimum Gasteiger partial charge on any atom is -0.495 e. The van der Waals surface area contributed by atoms with E-state index in [0.717, 1.165) is 11.3 Å². The molecule has 17 heavy (non-hydrogen) atoms. The van der Waals surface area contributed by atoms with Gasteiger partial charge in [0.2, 0.25) is 5.91 Å². The van der Waals surface area contributed by atoms with Crippen LogP contribution in [0.3, 0.4) is 0 Å². The molecule has 0 aliphatic carbocycles. The van der Waals surface area contributed by atoms with E-state index in [1.807, 2.05) is 32.0 Å². The molecule has 1 fully saturated rings. The quantitative estimate of drug-likeness (QED) is 0.842. The standard InChI is InChI=1S/C13H18N2O2/c1-8-4-5-12(17-3)11(6-8)15-9(2)10(14)7-13(15)16/h4-6,9-10H,7,14H2,1-3H3. The van der Waals surface area contributed by atoms with Crippen LogP contribution in [-0.4, -0.2) is 25.1 Å². The topological polar surface area (TPSA) is 55.6 Å². The minimum absolute atomic E-state index is 0.0122. The largest absolute Gasteiger partial charge is 0.495 e. The summed E-state index contributed by atoms with van der Waals surface area (Å²) < 4.78 is 5.31. The Bertz CT molecular complexity index is 445. The first-order valence-electron chi connectivity index (χ1n) is 5.77. The Morgan fingerprint density at radius 3 is 2.71 bits per heavy atom. The average molecular weight is 234 g/mol. The van der Waals surface area contributed by atoms with Crippen molar-refractivity contribution in [3.63, 3.8) is 0 Å². The molecule has 1 aliphatic rings. The van der Waals surface area contributed by atoms with Crippen LogP contribution in [0.5, 0.6) is 5.75 Å². The van der Waals surface area contributed by atoms with Crippen LogP contribution in [0.2, 0.25) is 0 Å². The van der Waals surface area contributed by atoms with Gasteiger partial charge in [-0.25, -0.2) is 0 Å². The normalized spacial score (nSPS) is 24.2. The molecule has 1 heterocycles. The zero-order valence-electron chi connectivity index (χ0n) is 10.4. The lowest BCUT2D eigenvalue weighted by molar-refractivity contribution is -0.117. The third-order valence-electron chi connectivity index (χ3n) is 3.30. The summed E-state index contributed by atoms with van der Waals surface area (Å²) in [6, 6.07) is 5.72. The number of hydrogen-bond donors (Lipinski definition) is 1. The van der Waals surface area contributed by atoms with Gasteiger partial charge in [0.05, 0.1) is 12.8 Å². The second kappa shape index (κ2) is 4.37. The zero-order chi connectivity index (χ0) is 12.6. The number of ether oxygens (including phenoxy) is 1. The zero-order valence-corrected chi connectivity index (χ0v) is 10.4. The lowest BCUT2D eigenvalue weighted by Crippen LogP contribution is -2.38. The van der Waals surface area contributed by atoms with Gasteiger partial charge >= 0.3 is 0 Å². The first kappa shape index (κ1) is 11.9. The predicted molar refractivity (Wildman–Crippen MR) is 67.3 cm³/mol. The summed E-state index contributed by atoms with van der Waals surface area (Å²) in [7, 11) is 1.61. The van der Waals surface area contributed by atoms with E-state index in [4.69, 9.17) is 10.5 Å². The van der Waals surface area contributed by atoms with Crippen LogP contribution >= 0.6 is 0 Å². The molecule has 0 aromatic heterocycles. The van der Waals surface area contributed by atoms with Gasteiger partial charge in [0.1, 0.15) is 5.75 Å². The van der Waals surface area contributed by atoms with Crippen molar-refractivity contribution in [2.24, 2.45) is 5.73 Å². The van der Waals surface area contributed by atoms with E-state index < -0.39 is 0 Å². The van der Waals surface area contributed by atoms with Gasteiger partial charge in [-0.05, 0) is 31.5 Å². The molecule has 2 atom stereocenters. The summed E-state index contributed by atoms with van der Waals surface area (Å²) in [5.74, 6) is 0.777. The Morgan fingerprint density at radius 1 is 1.47 bits per heavy atom. The van der Waals surface area contributed by atoms with E-state index in [1.54, 1.807) is 12.0 Å². The second-order valence-corrected chi connectivity index (χ2v) is 4.55. The molecule has 2 unspecified atom stereocenters. The molecule has 0 spiro atoms. The smallest absolute Gasteiger partial charge is 0.229 e. The highest BCUT2D eigenvalue weighted by atomic mass is 16.5. The van der Waals surface area contributed by atoms with Crippen molar-refractivity contribution in [2.45, 2.75) is 32.4 Å². The predicted octanol–water partition coefficient (Wildman–Crippen LogP) is 1.46. The number of anilines is 1. The Morgan fingerprint density at radius 2 is 2.18 bits per heavy atom. The van der Waals surface area contributed by atoms with Crippen molar-refractivity contribution in [3.8, 4) is 5.75 Å². The van der Waals surface area contributed by atoms with Crippen LogP contribution in [0.25, 0.3) is 0 Å². The summed E-state index contributed by atoms with van der Waals surface area (Å²) in [5, 5.41) is 0. The fraction of sp³-hybridized carbons (Fsp3) is 0.462. The van der Waals surface area contributed by atoms with E-state index in [-0.39, 0.29) is 18.0 Å². The highest BCUT2D eigenvalue weighted by Crippen LogP contribution is 2.34. The fourth-order valence-corrected chi connectivity index (χ4v) is 2.23. The van der Waals surface area contributed by atoms with Crippen molar-refractivity contribution < 1.29 is 9.53 Å². The Labute approximate surface area is 101 Å². The van der Waals surface area contributed by atoms with Crippen molar-refractivity contribution in [1.82, 2.24) is 0 Å². The molecule has 0 bridgehead atoms. The number of rotatable bonds is 2. The van der Waals surface area contributed by atoms with E-state index in [0.29, 0.717) is 12.2 Å². The Kier molecular flexibility index (Phi) is 3.07. The monoisotopic (exact) mass is 234 g/mol. The molecule has 1 amide bonds. The minimum atomic E-state index is -0.104.